The highest BCUT2D eigenvalue weighted by Crippen LogP contribution is 2.18. The second kappa shape index (κ2) is 8.08. The lowest BCUT2D eigenvalue weighted by molar-refractivity contribution is 0.173. The first-order valence-electron chi connectivity index (χ1n) is 6.42. The van der Waals surface area contributed by atoms with Gasteiger partial charge in [-0.15, -0.1) is 6.42 Å². The van der Waals surface area contributed by atoms with Crippen LogP contribution in [0.1, 0.15) is 25.5 Å². The number of amides is 2. The molecule has 0 saturated heterocycles. The molecule has 3 N–H and O–H groups in total. The number of aliphatic hydroxyl groups excluding tert-OH is 1. The molecule has 1 aromatic rings. The summed E-state index contributed by atoms with van der Waals surface area (Å²) in [5.74, 6) is 3.04. The number of hydrogen-bond donors (Lipinski definition) is 3. The van der Waals surface area contributed by atoms with Gasteiger partial charge in [0, 0.05) is 6.54 Å². The van der Waals surface area contributed by atoms with Crippen molar-refractivity contribution in [3.05, 3.63) is 29.8 Å². The Bertz CT molecular complexity index is 463. The van der Waals surface area contributed by atoms with Crippen molar-refractivity contribution in [2.45, 2.75) is 26.1 Å². The minimum atomic E-state index is -0.778. The Morgan fingerprint density at radius 3 is 2.55 bits per heavy atom. The van der Waals surface area contributed by atoms with Crippen molar-refractivity contribution in [3.8, 4) is 18.1 Å². The Hall–Kier alpha value is -2.19. The first kappa shape index (κ1) is 15.9. The van der Waals surface area contributed by atoms with Crippen LogP contribution in [0, 0.1) is 12.3 Å². The number of nitrogens with one attached hydrogen (secondary N) is 2. The molecule has 0 spiro atoms. The fourth-order valence-electron chi connectivity index (χ4n) is 1.54. The Kier molecular flexibility index (Phi) is 6.41. The predicted octanol–water partition coefficient (Wildman–Crippen LogP) is 1.44. The fourth-order valence-corrected chi connectivity index (χ4v) is 1.54. The van der Waals surface area contributed by atoms with Crippen LogP contribution >= 0.6 is 0 Å². The summed E-state index contributed by atoms with van der Waals surface area (Å²) >= 11 is 0. The molecule has 108 valence electrons. The standard InChI is InChI=1S/C15H20N2O3/c1-4-9-16-15(19)17-10-14(18)12-5-7-13(8-6-12)20-11(2)3/h1,5-8,11,14,18H,9-10H2,2-3H3,(H2,16,17,19)/t14-/m1/s1. The van der Waals surface area contributed by atoms with Gasteiger partial charge in [-0.3, -0.25) is 0 Å². The zero-order valence-corrected chi connectivity index (χ0v) is 11.7. The molecule has 0 aliphatic carbocycles. The van der Waals surface area contributed by atoms with Crippen molar-refractivity contribution in [1.82, 2.24) is 10.6 Å². The van der Waals surface area contributed by atoms with Crippen molar-refractivity contribution in [2.75, 3.05) is 13.1 Å². The van der Waals surface area contributed by atoms with Crippen LogP contribution in [-0.2, 0) is 0 Å². The maximum absolute atomic E-state index is 11.3. The third kappa shape index (κ3) is 5.63. The normalized spacial score (nSPS) is 11.6. The van der Waals surface area contributed by atoms with E-state index in [-0.39, 0.29) is 19.2 Å². The third-order valence-corrected chi connectivity index (χ3v) is 2.44. The number of hydrogen-bond acceptors (Lipinski definition) is 3. The molecule has 0 aromatic heterocycles. The molecule has 0 heterocycles. The van der Waals surface area contributed by atoms with Crippen molar-refractivity contribution in [1.29, 1.82) is 0 Å². The maximum Gasteiger partial charge on any atom is 0.315 e. The molecule has 0 unspecified atom stereocenters. The molecular weight excluding hydrogens is 256 g/mol. The van der Waals surface area contributed by atoms with E-state index in [1.54, 1.807) is 24.3 Å². The summed E-state index contributed by atoms with van der Waals surface area (Å²) < 4.78 is 5.51. The second-order valence-corrected chi connectivity index (χ2v) is 4.52. The summed E-state index contributed by atoms with van der Waals surface area (Å²) in [6.07, 6.45) is 4.34. The summed E-state index contributed by atoms with van der Waals surface area (Å²) in [7, 11) is 0. The largest absolute Gasteiger partial charge is 0.491 e. The van der Waals surface area contributed by atoms with Gasteiger partial charge >= 0.3 is 6.03 Å². The molecule has 5 heteroatoms. The fraction of sp³-hybridized carbons (Fsp3) is 0.400. The van der Waals surface area contributed by atoms with Gasteiger partial charge in [-0.25, -0.2) is 4.79 Å². The molecule has 0 aliphatic rings. The number of benzene rings is 1. The summed E-state index contributed by atoms with van der Waals surface area (Å²) in [6, 6.07) is 6.71. The number of carbonyl (C=O) groups is 1. The molecular formula is C15H20N2O3. The highest BCUT2D eigenvalue weighted by molar-refractivity contribution is 5.74. The van der Waals surface area contributed by atoms with E-state index >= 15 is 0 Å². The minimum Gasteiger partial charge on any atom is -0.491 e. The van der Waals surface area contributed by atoms with Gasteiger partial charge in [-0.05, 0) is 31.5 Å². The van der Waals surface area contributed by atoms with E-state index in [1.165, 1.54) is 0 Å². The average molecular weight is 276 g/mol. The summed E-state index contributed by atoms with van der Waals surface area (Å²) in [6.45, 7) is 4.16. The Labute approximate surface area is 119 Å². The molecule has 20 heavy (non-hydrogen) atoms. The van der Waals surface area contributed by atoms with E-state index in [0.29, 0.717) is 5.56 Å². The van der Waals surface area contributed by atoms with Crippen LogP contribution in [0.4, 0.5) is 4.79 Å². The Morgan fingerprint density at radius 1 is 1.35 bits per heavy atom. The topological polar surface area (TPSA) is 70.6 Å². The molecule has 0 aliphatic heterocycles. The van der Waals surface area contributed by atoms with Crippen LogP contribution in [0.3, 0.4) is 0 Å². The smallest absolute Gasteiger partial charge is 0.315 e. The van der Waals surface area contributed by atoms with Crippen molar-refractivity contribution >= 4 is 6.03 Å². The number of terminal acetylenes is 1. The van der Waals surface area contributed by atoms with Crippen molar-refractivity contribution in [3.63, 3.8) is 0 Å². The van der Waals surface area contributed by atoms with Crippen molar-refractivity contribution < 1.29 is 14.6 Å². The number of rotatable bonds is 6. The third-order valence-electron chi connectivity index (χ3n) is 2.44. The SMILES string of the molecule is C#CCNC(=O)NC[C@@H](O)c1ccc(OC(C)C)cc1. The van der Waals surface area contributed by atoms with E-state index in [4.69, 9.17) is 11.2 Å². The van der Waals surface area contributed by atoms with Gasteiger partial charge in [0.2, 0.25) is 0 Å². The van der Waals surface area contributed by atoms with Crippen LogP contribution in [0.25, 0.3) is 0 Å². The quantitative estimate of drug-likeness (QED) is 0.689. The molecule has 2 amide bonds. The molecule has 0 fully saturated rings. The van der Waals surface area contributed by atoms with E-state index in [0.717, 1.165) is 5.75 Å². The highest BCUT2D eigenvalue weighted by Gasteiger charge is 2.09. The average Bonchev–Trinajstić information content (AvgIpc) is 2.42. The lowest BCUT2D eigenvalue weighted by atomic mass is 10.1. The van der Waals surface area contributed by atoms with Crippen LogP contribution in [0.15, 0.2) is 24.3 Å². The maximum atomic E-state index is 11.3. The van der Waals surface area contributed by atoms with Crippen LogP contribution in [0.5, 0.6) is 5.75 Å². The van der Waals surface area contributed by atoms with Gasteiger partial charge in [0.25, 0.3) is 0 Å². The first-order chi connectivity index (χ1) is 9.52. The zero-order chi connectivity index (χ0) is 15.0. The van der Waals surface area contributed by atoms with E-state index in [2.05, 4.69) is 16.6 Å². The first-order valence-corrected chi connectivity index (χ1v) is 6.42. The number of ether oxygens (including phenoxy) is 1. The molecule has 1 aromatic carbocycles. The lowest BCUT2D eigenvalue weighted by Crippen LogP contribution is -2.37. The molecule has 1 rings (SSSR count). The van der Waals surface area contributed by atoms with Gasteiger partial charge in [0.15, 0.2) is 0 Å². The minimum absolute atomic E-state index is 0.104. The monoisotopic (exact) mass is 276 g/mol. The van der Waals surface area contributed by atoms with Crippen LogP contribution in [0.2, 0.25) is 0 Å². The van der Waals surface area contributed by atoms with E-state index in [1.807, 2.05) is 13.8 Å². The second-order valence-electron chi connectivity index (χ2n) is 4.52. The van der Waals surface area contributed by atoms with Crippen LogP contribution < -0.4 is 15.4 Å². The van der Waals surface area contributed by atoms with Gasteiger partial charge < -0.3 is 20.5 Å². The lowest BCUT2D eigenvalue weighted by Gasteiger charge is -2.14. The highest BCUT2D eigenvalue weighted by atomic mass is 16.5. The zero-order valence-electron chi connectivity index (χ0n) is 11.7. The molecule has 5 nitrogen and oxygen atoms in total. The number of aliphatic hydroxyl groups is 1. The predicted molar refractivity (Wildman–Crippen MR) is 77.4 cm³/mol. The molecule has 0 radical (unpaired) electrons. The van der Waals surface area contributed by atoms with Gasteiger partial charge in [-0.1, -0.05) is 18.1 Å². The van der Waals surface area contributed by atoms with E-state index in [9.17, 15) is 9.90 Å². The van der Waals surface area contributed by atoms with Gasteiger partial charge in [0.1, 0.15) is 5.75 Å². The van der Waals surface area contributed by atoms with Crippen LogP contribution in [-0.4, -0.2) is 30.3 Å². The molecule has 1 atom stereocenters. The van der Waals surface area contributed by atoms with Gasteiger partial charge in [-0.2, -0.15) is 0 Å². The Morgan fingerprint density at radius 2 is 2.00 bits per heavy atom. The summed E-state index contributed by atoms with van der Waals surface area (Å²) in [5.41, 5.74) is 0.707. The van der Waals surface area contributed by atoms with Crippen molar-refractivity contribution in [2.24, 2.45) is 0 Å². The number of urea groups is 1. The number of carbonyl (C=O) groups excluding carboxylic acids is 1. The summed E-state index contributed by atoms with van der Waals surface area (Å²) in [5, 5.41) is 14.9. The Balaban J connectivity index is 2.45. The van der Waals surface area contributed by atoms with E-state index < -0.39 is 12.1 Å². The molecule has 0 saturated carbocycles. The summed E-state index contributed by atoms with van der Waals surface area (Å²) in [4.78, 5) is 11.3. The molecule has 0 bridgehead atoms. The van der Waals surface area contributed by atoms with Gasteiger partial charge in [0.05, 0.1) is 18.8 Å².